The predicted octanol–water partition coefficient (Wildman–Crippen LogP) is 1.44. The fraction of sp³-hybridized carbons (Fsp3) is 1.00. The molecular formula is C39H64O13. The molecule has 298 valence electrons. The van der Waals surface area contributed by atoms with E-state index in [1.807, 2.05) is 0 Å². The van der Waals surface area contributed by atoms with Gasteiger partial charge in [-0.15, -0.1) is 0 Å². The van der Waals surface area contributed by atoms with Gasteiger partial charge >= 0.3 is 0 Å². The quantitative estimate of drug-likeness (QED) is 0.194. The SMILES string of the molecule is C[C@H]1CC[C@@]2(OC1)O[C@H]1C[C@H]3[C@@H]4CC[C@@H]5C[C@@H](O[C@@H]6O[C@H](CO)[C@H](O)[C@H](O)[C@H]6O[C@@H]6O[C@H](CO)[C@H](O)[C@H](O)[C@H]6O)CC[C@]5(C)[C@H]4CC[C@]3(C)[C@H]1[C@@H]2C. The summed E-state index contributed by atoms with van der Waals surface area (Å²) in [7, 11) is 0. The Morgan fingerprint density at radius 2 is 1.37 bits per heavy atom. The lowest BCUT2D eigenvalue weighted by Crippen LogP contribution is -2.65. The summed E-state index contributed by atoms with van der Waals surface area (Å²) in [5, 5.41) is 72.7. The molecule has 13 heteroatoms. The molecule has 8 aliphatic rings. The third-order valence-electron chi connectivity index (χ3n) is 16.2. The van der Waals surface area contributed by atoms with Crippen molar-refractivity contribution in [3.8, 4) is 0 Å². The Bertz CT molecular complexity index is 1260. The van der Waals surface area contributed by atoms with Crippen molar-refractivity contribution in [1.82, 2.24) is 0 Å². The largest absolute Gasteiger partial charge is 0.394 e. The van der Waals surface area contributed by atoms with E-state index < -0.39 is 80.4 Å². The van der Waals surface area contributed by atoms with Gasteiger partial charge in [0.05, 0.1) is 32.0 Å². The summed E-state index contributed by atoms with van der Waals surface area (Å²) < 4.78 is 37.5. The van der Waals surface area contributed by atoms with E-state index in [1.165, 1.54) is 25.7 Å². The lowest BCUT2D eigenvalue weighted by atomic mass is 9.44. The summed E-state index contributed by atoms with van der Waals surface area (Å²) in [4.78, 5) is 0. The zero-order valence-corrected chi connectivity index (χ0v) is 31.2. The first-order chi connectivity index (χ1) is 24.7. The Kier molecular flexibility index (Phi) is 10.4. The van der Waals surface area contributed by atoms with Crippen LogP contribution < -0.4 is 0 Å². The second-order valence-corrected chi connectivity index (χ2v) is 18.7. The third kappa shape index (κ3) is 5.98. The van der Waals surface area contributed by atoms with Gasteiger partial charge in [-0.1, -0.05) is 27.7 Å². The molecule has 8 rings (SSSR count). The van der Waals surface area contributed by atoms with Crippen molar-refractivity contribution in [2.24, 2.45) is 52.3 Å². The van der Waals surface area contributed by atoms with Crippen molar-refractivity contribution in [2.45, 2.75) is 171 Å². The van der Waals surface area contributed by atoms with Crippen LogP contribution >= 0.6 is 0 Å². The van der Waals surface area contributed by atoms with Crippen LogP contribution in [0.5, 0.6) is 0 Å². The maximum atomic E-state index is 11.1. The van der Waals surface area contributed by atoms with Gasteiger partial charge in [-0.3, -0.25) is 0 Å². The zero-order valence-electron chi connectivity index (χ0n) is 31.2. The van der Waals surface area contributed by atoms with Gasteiger partial charge in [-0.2, -0.15) is 0 Å². The van der Waals surface area contributed by atoms with Crippen LogP contribution in [0.25, 0.3) is 0 Å². The molecule has 8 fully saturated rings. The number of fused-ring (bicyclic) bond motifs is 7. The van der Waals surface area contributed by atoms with Gasteiger partial charge in [0.2, 0.25) is 0 Å². The Morgan fingerprint density at radius 3 is 2.06 bits per heavy atom. The van der Waals surface area contributed by atoms with E-state index in [4.69, 9.17) is 28.4 Å². The number of aliphatic hydroxyl groups is 7. The molecule has 13 nitrogen and oxygen atoms in total. The monoisotopic (exact) mass is 740 g/mol. The molecule has 0 radical (unpaired) electrons. The maximum Gasteiger partial charge on any atom is 0.187 e. The number of rotatable bonds is 6. The van der Waals surface area contributed by atoms with E-state index in [0.29, 0.717) is 41.4 Å². The molecule has 0 aromatic carbocycles. The van der Waals surface area contributed by atoms with Gasteiger partial charge in [-0.25, -0.2) is 0 Å². The molecule has 4 aliphatic heterocycles. The fourth-order valence-electron chi connectivity index (χ4n) is 13.2. The topological polar surface area (TPSA) is 197 Å². The molecule has 0 unspecified atom stereocenters. The Labute approximate surface area is 307 Å². The van der Waals surface area contributed by atoms with E-state index >= 15 is 0 Å². The van der Waals surface area contributed by atoms with Gasteiger partial charge in [-0.05, 0) is 104 Å². The molecule has 4 saturated carbocycles. The minimum Gasteiger partial charge on any atom is -0.394 e. The highest BCUT2D eigenvalue weighted by molar-refractivity contribution is 5.15. The second-order valence-electron chi connectivity index (χ2n) is 18.7. The molecule has 0 aromatic rings. The molecule has 0 aromatic heterocycles. The van der Waals surface area contributed by atoms with Crippen LogP contribution in [-0.2, 0) is 28.4 Å². The van der Waals surface area contributed by atoms with Crippen LogP contribution in [0.1, 0.15) is 91.9 Å². The van der Waals surface area contributed by atoms with Crippen LogP contribution in [0.4, 0.5) is 0 Å². The summed E-state index contributed by atoms with van der Waals surface area (Å²) >= 11 is 0. The highest BCUT2D eigenvalue weighted by atomic mass is 16.8. The first kappa shape index (κ1) is 38.4. The number of hydrogen-bond acceptors (Lipinski definition) is 13. The Morgan fingerprint density at radius 1 is 0.673 bits per heavy atom. The van der Waals surface area contributed by atoms with Crippen LogP contribution in [0.15, 0.2) is 0 Å². The molecule has 52 heavy (non-hydrogen) atoms. The molecule has 4 heterocycles. The standard InChI is InChI=1S/C39H64O13/c1-18-7-12-39(47-17-18)19(2)28-25(52-39)14-24-22-6-5-20-13-21(8-10-37(20,3)23(22)9-11-38(24,28)4)48-36-34(32(45)30(43)27(16-41)50-36)51-35-33(46)31(44)29(42)26(15-40)49-35/h18-36,40-46H,5-17H2,1-4H3/t18-,19-,20+,21-,22+,23-,24-,25-,26+,27+,28-,29-,30-,31-,32-,33+,34+,35-,36+,37-,38-,39+/m0/s1. The minimum absolute atomic E-state index is 0.168. The molecular weight excluding hydrogens is 676 g/mol. The smallest absolute Gasteiger partial charge is 0.187 e. The van der Waals surface area contributed by atoms with Crippen molar-refractivity contribution in [3.63, 3.8) is 0 Å². The van der Waals surface area contributed by atoms with Crippen molar-refractivity contribution in [1.29, 1.82) is 0 Å². The average Bonchev–Trinajstić information content (AvgIpc) is 3.58. The Balaban J connectivity index is 0.942. The van der Waals surface area contributed by atoms with Crippen LogP contribution in [0, 0.1) is 52.3 Å². The highest BCUT2D eigenvalue weighted by Crippen LogP contribution is 2.71. The van der Waals surface area contributed by atoms with E-state index in [1.54, 1.807) is 0 Å². The van der Waals surface area contributed by atoms with Gasteiger partial charge in [0, 0.05) is 12.3 Å². The third-order valence-corrected chi connectivity index (χ3v) is 16.2. The normalized spacial score (nSPS) is 59.0. The van der Waals surface area contributed by atoms with Crippen LogP contribution in [0.3, 0.4) is 0 Å². The summed E-state index contributed by atoms with van der Waals surface area (Å²) in [5.41, 5.74) is 0.425. The fourth-order valence-corrected chi connectivity index (χ4v) is 13.2. The average molecular weight is 741 g/mol. The molecule has 4 aliphatic carbocycles. The number of aliphatic hydroxyl groups excluding tert-OH is 7. The lowest BCUT2D eigenvalue weighted by molar-refractivity contribution is -0.373. The van der Waals surface area contributed by atoms with Crippen molar-refractivity contribution in [2.75, 3.05) is 19.8 Å². The number of hydrogen-bond donors (Lipinski definition) is 7. The van der Waals surface area contributed by atoms with E-state index in [9.17, 15) is 35.7 Å². The molecule has 22 atom stereocenters. The van der Waals surface area contributed by atoms with Crippen LogP contribution in [0.2, 0.25) is 0 Å². The number of ether oxygens (including phenoxy) is 6. The molecule has 1 spiro atoms. The Hall–Kier alpha value is -0.520. The maximum absolute atomic E-state index is 11.1. The first-order valence-corrected chi connectivity index (χ1v) is 20.3. The van der Waals surface area contributed by atoms with E-state index in [-0.39, 0.29) is 23.0 Å². The van der Waals surface area contributed by atoms with E-state index in [2.05, 4.69) is 27.7 Å². The first-order valence-electron chi connectivity index (χ1n) is 20.3. The summed E-state index contributed by atoms with van der Waals surface area (Å²) in [6, 6.07) is 0. The summed E-state index contributed by atoms with van der Waals surface area (Å²) in [6.45, 7) is 9.33. The summed E-state index contributed by atoms with van der Waals surface area (Å²) in [5.74, 6) is 3.51. The minimum atomic E-state index is -1.71. The zero-order chi connectivity index (χ0) is 36.9. The van der Waals surface area contributed by atoms with E-state index in [0.717, 1.165) is 45.1 Å². The summed E-state index contributed by atoms with van der Waals surface area (Å²) in [6.07, 6.45) is -3.88. The van der Waals surface area contributed by atoms with Crippen molar-refractivity contribution >= 4 is 0 Å². The van der Waals surface area contributed by atoms with Crippen molar-refractivity contribution in [3.05, 3.63) is 0 Å². The second kappa shape index (κ2) is 14.1. The molecule has 4 saturated heterocycles. The lowest BCUT2D eigenvalue weighted by Gasteiger charge is -2.61. The van der Waals surface area contributed by atoms with Gasteiger partial charge in [0.15, 0.2) is 18.4 Å². The van der Waals surface area contributed by atoms with Crippen LogP contribution in [-0.4, -0.2) is 135 Å². The van der Waals surface area contributed by atoms with Gasteiger partial charge in [0.1, 0.15) is 48.8 Å². The predicted molar refractivity (Wildman–Crippen MR) is 183 cm³/mol. The molecule has 0 bridgehead atoms. The molecule has 7 N–H and O–H groups in total. The van der Waals surface area contributed by atoms with Crippen molar-refractivity contribution < 1.29 is 64.2 Å². The molecule has 0 amide bonds. The van der Waals surface area contributed by atoms with Gasteiger partial charge in [0.25, 0.3) is 0 Å². The van der Waals surface area contributed by atoms with Gasteiger partial charge < -0.3 is 64.2 Å². The highest BCUT2D eigenvalue weighted by Gasteiger charge is 2.69.